The molecule has 1 aromatic carbocycles. The second kappa shape index (κ2) is 9.30. The van der Waals surface area contributed by atoms with Crippen molar-refractivity contribution in [3.8, 4) is 11.5 Å². The smallest absolute Gasteiger partial charge is 0.281 e. The Hall–Kier alpha value is -3.66. The van der Waals surface area contributed by atoms with E-state index in [0.29, 0.717) is 41.8 Å². The SMILES string of the molecule is CCn1c(-c2cc(F)ccn2)nc2sc(N3CCCC3C(=O)NCc3ccccc3)nc2c1=O. The van der Waals surface area contributed by atoms with Crippen molar-refractivity contribution in [3.63, 3.8) is 0 Å². The molecule has 5 rings (SSSR count). The first-order valence-electron chi connectivity index (χ1n) is 11.2. The Balaban J connectivity index is 1.46. The van der Waals surface area contributed by atoms with Crippen molar-refractivity contribution < 1.29 is 9.18 Å². The highest BCUT2D eigenvalue weighted by molar-refractivity contribution is 7.21. The summed E-state index contributed by atoms with van der Waals surface area (Å²) in [6, 6.07) is 11.9. The summed E-state index contributed by atoms with van der Waals surface area (Å²) in [6.45, 7) is 3.29. The number of fused-ring (bicyclic) bond motifs is 1. The van der Waals surface area contributed by atoms with Gasteiger partial charge in [-0.25, -0.2) is 14.4 Å². The van der Waals surface area contributed by atoms with Gasteiger partial charge in [0.2, 0.25) is 5.91 Å². The normalized spacial score (nSPS) is 15.7. The minimum atomic E-state index is -0.451. The molecule has 0 aliphatic carbocycles. The number of rotatable bonds is 6. The van der Waals surface area contributed by atoms with Crippen LogP contribution in [0.4, 0.5) is 9.52 Å². The summed E-state index contributed by atoms with van der Waals surface area (Å²) in [7, 11) is 0. The van der Waals surface area contributed by atoms with Crippen LogP contribution in [0.3, 0.4) is 0 Å². The predicted molar refractivity (Wildman–Crippen MR) is 129 cm³/mol. The van der Waals surface area contributed by atoms with Crippen LogP contribution >= 0.6 is 11.3 Å². The van der Waals surface area contributed by atoms with E-state index in [4.69, 9.17) is 0 Å². The highest BCUT2D eigenvalue weighted by Crippen LogP contribution is 2.32. The van der Waals surface area contributed by atoms with Crippen molar-refractivity contribution in [1.29, 1.82) is 0 Å². The van der Waals surface area contributed by atoms with Gasteiger partial charge in [-0.2, -0.15) is 0 Å². The van der Waals surface area contributed by atoms with Crippen LogP contribution in [-0.2, 0) is 17.9 Å². The molecule has 0 radical (unpaired) electrons. The lowest BCUT2D eigenvalue weighted by Gasteiger charge is -2.23. The molecule has 1 saturated heterocycles. The van der Waals surface area contributed by atoms with Gasteiger partial charge >= 0.3 is 0 Å². The lowest BCUT2D eigenvalue weighted by Crippen LogP contribution is -2.43. The fourth-order valence-corrected chi connectivity index (χ4v) is 5.21. The molecular weight excluding hydrogens is 455 g/mol. The zero-order valence-electron chi connectivity index (χ0n) is 18.6. The molecule has 4 aromatic rings. The van der Waals surface area contributed by atoms with E-state index in [0.717, 1.165) is 12.0 Å². The van der Waals surface area contributed by atoms with Crippen LogP contribution in [0, 0.1) is 5.82 Å². The van der Waals surface area contributed by atoms with Crippen LogP contribution in [0.15, 0.2) is 53.5 Å². The molecule has 1 aliphatic rings. The average molecular weight is 479 g/mol. The number of nitrogens with zero attached hydrogens (tertiary/aromatic N) is 5. The largest absolute Gasteiger partial charge is 0.350 e. The summed E-state index contributed by atoms with van der Waals surface area (Å²) < 4.78 is 15.2. The second-order valence-corrected chi connectivity index (χ2v) is 9.01. The lowest BCUT2D eigenvalue weighted by molar-refractivity contribution is -0.122. The Morgan fingerprint density at radius 3 is 2.82 bits per heavy atom. The molecule has 1 N–H and O–H groups in total. The molecular formula is C24H23FN6O2S. The molecule has 174 valence electrons. The van der Waals surface area contributed by atoms with Crippen molar-refractivity contribution in [2.24, 2.45) is 0 Å². The molecule has 34 heavy (non-hydrogen) atoms. The van der Waals surface area contributed by atoms with E-state index in [1.54, 1.807) is 0 Å². The first-order chi connectivity index (χ1) is 16.5. The van der Waals surface area contributed by atoms with Crippen LogP contribution in [-0.4, -0.2) is 38.0 Å². The van der Waals surface area contributed by atoms with Crippen LogP contribution in [0.2, 0.25) is 0 Å². The molecule has 0 bridgehead atoms. The molecule has 3 aromatic heterocycles. The molecule has 1 amide bonds. The fourth-order valence-electron chi connectivity index (χ4n) is 4.21. The van der Waals surface area contributed by atoms with E-state index in [9.17, 15) is 14.0 Å². The van der Waals surface area contributed by atoms with Gasteiger partial charge in [-0.15, -0.1) is 0 Å². The topological polar surface area (TPSA) is 93.0 Å². The standard InChI is InChI=1S/C24H23FN6O2S/c1-2-30-20(17-13-16(25)10-11-26-17)29-22-19(23(30)33)28-24(34-22)31-12-6-9-18(31)21(32)27-14-15-7-4-3-5-8-15/h3-5,7-8,10-11,13,18H,2,6,9,12,14H2,1H3,(H,27,32). The van der Waals surface area contributed by atoms with E-state index in [1.807, 2.05) is 42.2 Å². The third kappa shape index (κ3) is 4.16. The Kier molecular flexibility index (Phi) is 6.06. The number of thiazole rings is 1. The number of anilines is 1. The van der Waals surface area contributed by atoms with E-state index < -0.39 is 5.82 Å². The summed E-state index contributed by atoms with van der Waals surface area (Å²) in [5.74, 6) is -0.217. The fraction of sp³-hybridized carbons (Fsp3) is 0.292. The first-order valence-corrected chi connectivity index (χ1v) is 12.0. The zero-order valence-corrected chi connectivity index (χ0v) is 19.4. The van der Waals surface area contributed by atoms with E-state index in [2.05, 4.69) is 20.3 Å². The van der Waals surface area contributed by atoms with Crippen LogP contribution in [0.1, 0.15) is 25.3 Å². The lowest BCUT2D eigenvalue weighted by atomic mass is 10.2. The Labute approximate surface area is 199 Å². The van der Waals surface area contributed by atoms with Gasteiger partial charge in [0.25, 0.3) is 5.56 Å². The van der Waals surface area contributed by atoms with Crippen molar-refractivity contribution >= 4 is 32.7 Å². The molecule has 1 unspecified atom stereocenters. The van der Waals surface area contributed by atoms with Gasteiger partial charge in [-0.05, 0) is 31.4 Å². The van der Waals surface area contributed by atoms with Crippen molar-refractivity contribution in [1.82, 2.24) is 24.8 Å². The number of amides is 1. The quantitative estimate of drug-likeness (QED) is 0.457. The first kappa shape index (κ1) is 22.1. The number of hydrogen-bond donors (Lipinski definition) is 1. The van der Waals surface area contributed by atoms with Gasteiger partial charge in [0.15, 0.2) is 21.3 Å². The number of nitrogens with one attached hydrogen (secondary N) is 1. The Bertz CT molecular complexity index is 1400. The number of carbonyl (C=O) groups is 1. The third-order valence-corrected chi connectivity index (χ3v) is 6.87. The summed E-state index contributed by atoms with van der Waals surface area (Å²) in [6.07, 6.45) is 2.91. The van der Waals surface area contributed by atoms with Crippen molar-refractivity contribution in [2.75, 3.05) is 11.4 Å². The molecule has 0 saturated carbocycles. The molecule has 1 aliphatic heterocycles. The zero-order chi connectivity index (χ0) is 23.7. The summed E-state index contributed by atoms with van der Waals surface area (Å²) >= 11 is 1.27. The number of carbonyl (C=O) groups excluding carboxylic acids is 1. The van der Waals surface area contributed by atoms with E-state index >= 15 is 0 Å². The maximum Gasteiger partial charge on any atom is 0.281 e. The molecule has 4 heterocycles. The van der Waals surface area contributed by atoms with Gasteiger partial charge < -0.3 is 10.2 Å². The minimum Gasteiger partial charge on any atom is -0.350 e. The van der Waals surface area contributed by atoms with Gasteiger partial charge in [-0.3, -0.25) is 19.1 Å². The minimum absolute atomic E-state index is 0.0656. The van der Waals surface area contributed by atoms with Crippen LogP contribution in [0.25, 0.3) is 21.9 Å². The molecule has 1 atom stereocenters. The number of pyridine rings is 1. The van der Waals surface area contributed by atoms with Gasteiger partial charge in [0.1, 0.15) is 17.6 Å². The van der Waals surface area contributed by atoms with Crippen molar-refractivity contribution in [2.45, 2.75) is 38.9 Å². The highest BCUT2D eigenvalue weighted by atomic mass is 32.1. The van der Waals surface area contributed by atoms with Crippen LogP contribution < -0.4 is 15.8 Å². The number of aromatic nitrogens is 4. The highest BCUT2D eigenvalue weighted by Gasteiger charge is 2.33. The number of benzene rings is 1. The summed E-state index contributed by atoms with van der Waals surface area (Å²) in [5, 5.41) is 3.60. The van der Waals surface area contributed by atoms with E-state index in [1.165, 1.54) is 34.2 Å². The van der Waals surface area contributed by atoms with Crippen LogP contribution in [0.5, 0.6) is 0 Å². The molecule has 0 spiro atoms. The second-order valence-electron chi connectivity index (χ2n) is 8.05. The monoisotopic (exact) mass is 478 g/mol. The number of halogens is 1. The van der Waals surface area contributed by atoms with Crippen molar-refractivity contribution in [3.05, 3.63) is 70.4 Å². The van der Waals surface area contributed by atoms with Gasteiger partial charge in [0.05, 0.1) is 0 Å². The van der Waals surface area contributed by atoms with E-state index in [-0.39, 0.29) is 28.7 Å². The molecule has 10 heteroatoms. The Morgan fingerprint density at radius 1 is 1.24 bits per heavy atom. The van der Waals surface area contributed by atoms with Gasteiger partial charge in [-0.1, -0.05) is 41.7 Å². The maximum atomic E-state index is 13.8. The summed E-state index contributed by atoms with van der Waals surface area (Å²) in [4.78, 5) is 41.9. The number of hydrogen-bond acceptors (Lipinski definition) is 7. The molecule has 8 nitrogen and oxygen atoms in total. The average Bonchev–Trinajstić information content (AvgIpc) is 3.50. The third-order valence-electron chi connectivity index (χ3n) is 5.89. The Morgan fingerprint density at radius 2 is 2.06 bits per heavy atom. The van der Waals surface area contributed by atoms with Gasteiger partial charge in [0, 0.05) is 31.9 Å². The molecule has 1 fully saturated rings. The maximum absolute atomic E-state index is 13.8. The predicted octanol–water partition coefficient (Wildman–Crippen LogP) is 3.36. The summed E-state index contributed by atoms with van der Waals surface area (Å²) in [5.41, 5.74) is 1.26.